The monoisotopic (exact) mass is 222 g/mol. The highest BCUT2D eigenvalue weighted by molar-refractivity contribution is 7.13. The van der Waals surface area contributed by atoms with Crippen molar-refractivity contribution in [2.24, 2.45) is 0 Å². The molecule has 0 aliphatic carbocycles. The fourth-order valence-corrected chi connectivity index (χ4v) is 1.87. The van der Waals surface area contributed by atoms with Gasteiger partial charge in [-0.05, 0) is 30.2 Å². The first-order valence-corrected chi connectivity index (χ1v) is 5.52. The van der Waals surface area contributed by atoms with Crippen molar-refractivity contribution < 1.29 is 4.39 Å². The molecule has 0 aliphatic rings. The summed E-state index contributed by atoms with van der Waals surface area (Å²) in [5.74, 6) is -0.189. The fraction of sp³-hybridized carbons (Fsp3) is 0.182. The molecular formula is C11H11FN2S. The van der Waals surface area contributed by atoms with E-state index in [1.807, 2.05) is 12.3 Å². The molecule has 15 heavy (non-hydrogen) atoms. The number of aromatic nitrogens is 1. The van der Waals surface area contributed by atoms with Gasteiger partial charge >= 0.3 is 0 Å². The molecule has 0 aliphatic heterocycles. The number of benzene rings is 1. The van der Waals surface area contributed by atoms with Gasteiger partial charge < -0.3 is 5.32 Å². The molecule has 2 nitrogen and oxygen atoms in total. The van der Waals surface area contributed by atoms with E-state index in [4.69, 9.17) is 0 Å². The molecule has 4 heteroatoms. The largest absolute Gasteiger partial charge is 0.357 e. The third kappa shape index (κ3) is 2.53. The van der Waals surface area contributed by atoms with E-state index in [1.165, 1.54) is 6.07 Å². The maximum atomic E-state index is 12.8. The molecular weight excluding hydrogens is 211 g/mol. The zero-order valence-electron chi connectivity index (χ0n) is 8.33. The van der Waals surface area contributed by atoms with Crippen molar-refractivity contribution in [3.8, 4) is 0 Å². The number of nitrogens with one attached hydrogen (secondary N) is 1. The molecule has 0 atom stereocenters. The van der Waals surface area contributed by atoms with E-state index in [0.29, 0.717) is 6.54 Å². The highest BCUT2D eigenvalue weighted by Crippen LogP contribution is 2.15. The van der Waals surface area contributed by atoms with Gasteiger partial charge in [0.1, 0.15) is 5.82 Å². The van der Waals surface area contributed by atoms with Crippen LogP contribution in [-0.4, -0.2) is 4.98 Å². The van der Waals surface area contributed by atoms with Crippen molar-refractivity contribution in [1.82, 2.24) is 4.98 Å². The van der Waals surface area contributed by atoms with Crippen LogP contribution < -0.4 is 5.32 Å². The Morgan fingerprint density at radius 1 is 1.47 bits per heavy atom. The Morgan fingerprint density at radius 2 is 2.33 bits per heavy atom. The highest BCUT2D eigenvalue weighted by atomic mass is 32.1. The smallest absolute Gasteiger partial charge is 0.182 e. The minimum absolute atomic E-state index is 0.189. The maximum absolute atomic E-state index is 12.8. The SMILES string of the molecule is Cc1cc(F)ccc1CNc1nccs1. The number of aryl methyl sites for hydroxylation is 1. The lowest BCUT2D eigenvalue weighted by atomic mass is 10.1. The van der Waals surface area contributed by atoms with Gasteiger partial charge in [-0.15, -0.1) is 11.3 Å². The number of hydrogen-bond acceptors (Lipinski definition) is 3. The molecule has 0 unspecified atom stereocenters. The summed E-state index contributed by atoms with van der Waals surface area (Å²) in [5.41, 5.74) is 2.05. The molecule has 2 aromatic rings. The highest BCUT2D eigenvalue weighted by Gasteiger charge is 2.00. The van der Waals surface area contributed by atoms with Crippen LogP contribution in [0.25, 0.3) is 0 Å². The molecule has 78 valence electrons. The summed E-state index contributed by atoms with van der Waals surface area (Å²) in [5, 5.41) is 5.99. The summed E-state index contributed by atoms with van der Waals surface area (Å²) < 4.78 is 12.8. The molecule has 0 saturated heterocycles. The van der Waals surface area contributed by atoms with Crippen LogP contribution in [0.2, 0.25) is 0 Å². The number of halogens is 1. The van der Waals surface area contributed by atoms with Crippen LogP contribution in [0.4, 0.5) is 9.52 Å². The quantitative estimate of drug-likeness (QED) is 0.862. The van der Waals surface area contributed by atoms with Crippen LogP contribution in [0.15, 0.2) is 29.8 Å². The van der Waals surface area contributed by atoms with E-state index >= 15 is 0 Å². The van der Waals surface area contributed by atoms with Crippen molar-refractivity contribution in [3.63, 3.8) is 0 Å². The van der Waals surface area contributed by atoms with Gasteiger partial charge in [0.2, 0.25) is 0 Å². The predicted molar refractivity (Wildman–Crippen MR) is 60.6 cm³/mol. The average molecular weight is 222 g/mol. The van der Waals surface area contributed by atoms with Crippen molar-refractivity contribution in [2.45, 2.75) is 13.5 Å². The second-order valence-electron chi connectivity index (χ2n) is 3.26. The van der Waals surface area contributed by atoms with Gasteiger partial charge in [0.25, 0.3) is 0 Å². The van der Waals surface area contributed by atoms with Crippen LogP contribution in [0.1, 0.15) is 11.1 Å². The number of thiazole rings is 1. The Balaban J connectivity index is 2.05. The molecule has 0 saturated carbocycles. The number of nitrogens with zero attached hydrogens (tertiary/aromatic N) is 1. The van der Waals surface area contributed by atoms with E-state index in [-0.39, 0.29) is 5.82 Å². The lowest BCUT2D eigenvalue weighted by Gasteiger charge is -2.06. The average Bonchev–Trinajstić information content (AvgIpc) is 2.69. The van der Waals surface area contributed by atoms with Crippen LogP contribution in [-0.2, 0) is 6.54 Å². The van der Waals surface area contributed by atoms with Gasteiger partial charge in [0.15, 0.2) is 5.13 Å². The molecule has 1 heterocycles. The first-order valence-electron chi connectivity index (χ1n) is 4.64. The minimum Gasteiger partial charge on any atom is -0.357 e. The van der Waals surface area contributed by atoms with E-state index < -0.39 is 0 Å². The third-order valence-corrected chi connectivity index (χ3v) is 2.90. The molecule has 0 spiro atoms. The van der Waals surface area contributed by atoms with Crippen molar-refractivity contribution in [2.75, 3.05) is 5.32 Å². The van der Waals surface area contributed by atoms with Gasteiger partial charge in [-0.2, -0.15) is 0 Å². The molecule has 2 rings (SSSR count). The number of rotatable bonds is 3. The standard InChI is InChI=1S/C11H11FN2S/c1-8-6-10(12)3-2-9(8)7-14-11-13-4-5-15-11/h2-6H,7H2,1H3,(H,13,14). The normalized spacial score (nSPS) is 10.3. The van der Waals surface area contributed by atoms with Crippen molar-refractivity contribution in [1.29, 1.82) is 0 Å². The first-order chi connectivity index (χ1) is 7.25. The molecule has 0 fully saturated rings. The summed E-state index contributed by atoms with van der Waals surface area (Å²) in [4.78, 5) is 4.11. The number of anilines is 1. The summed E-state index contributed by atoms with van der Waals surface area (Å²) in [6.45, 7) is 2.58. The Kier molecular flexibility index (Phi) is 2.97. The fourth-order valence-electron chi connectivity index (χ4n) is 1.34. The Hall–Kier alpha value is -1.42. The van der Waals surface area contributed by atoms with Crippen molar-refractivity contribution in [3.05, 3.63) is 46.7 Å². The van der Waals surface area contributed by atoms with Crippen LogP contribution >= 0.6 is 11.3 Å². The number of hydrogen-bond donors (Lipinski definition) is 1. The topological polar surface area (TPSA) is 24.9 Å². The lowest BCUT2D eigenvalue weighted by Crippen LogP contribution is -2.01. The van der Waals surface area contributed by atoms with E-state index in [0.717, 1.165) is 16.3 Å². The van der Waals surface area contributed by atoms with Gasteiger partial charge in [-0.1, -0.05) is 6.07 Å². The first kappa shape index (κ1) is 10.1. The zero-order valence-corrected chi connectivity index (χ0v) is 9.14. The van der Waals surface area contributed by atoms with E-state index in [2.05, 4.69) is 10.3 Å². The van der Waals surface area contributed by atoms with Crippen LogP contribution in [0.5, 0.6) is 0 Å². The molecule has 1 N–H and O–H groups in total. The van der Waals surface area contributed by atoms with E-state index in [1.54, 1.807) is 29.7 Å². The molecule has 0 amide bonds. The maximum Gasteiger partial charge on any atom is 0.182 e. The summed E-state index contributed by atoms with van der Waals surface area (Å²) in [6.07, 6.45) is 1.75. The van der Waals surface area contributed by atoms with Crippen LogP contribution in [0, 0.1) is 12.7 Å². The van der Waals surface area contributed by atoms with Gasteiger partial charge in [0, 0.05) is 18.1 Å². The van der Waals surface area contributed by atoms with Gasteiger partial charge in [-0.25, -0.2) is 9.37 Å². The van der Waals surface area contributed by atoms with Gasteiger partial charge in [-0.3, -0.25) is 0 Å². The minimum atomic E-state index is -0.189. The van der Waals surface area contributed by atoms with Crippen molar-refractivity contribution >= 4 is 16.5 Å². The molecule has 0 radical (unpaired) electrons. The van der Waals surface area contributed by atoms with Crippen LogP contribution in [0.3, 0.4) is 0 Å². The molecule has 1 aromatic heterocycles. The second kappa shape index (κ2) is 4.40. The Morgan fingerprint density at radius 3 is 3.00 bits per heavy atom. The van der Waals surface area contributed by atoms with Gasteiger partial charge in [0.05, 0.1) is 0 Å². The zero-order chi connectivity index (χ0) is 10.7. The predicted octanol–water partition coefficient (Wildman–Crippen LogP) is 3.20. The summed E-state index contributed by atoms with van der Waals surface area (Å²) in [7, 11) is 0. The lowest BCUT2D eigenvalue weighted by molar-refractivity contribution is 0.625. The third-order valence-electron chi connectivity index (χ3n) is 2.17. The molecule has 1 aromatic carbocycles. The molecule has 0 bridgehead atoms. The summed E-state index contributed by atoms with van der Waals surface area (Å²) in [6, 6.07) is 4.82. The summed E-state index contributed by atoms with van der Waals surface area (Å²) >= 11 is 1.55. The Labute approximate surface area is 91.8 Å². The second-order valence-corrected chi connectivity index (χ2v) is 4.16. The van der Waals surface area contributed by atoms with E-state index in [9.17, 15) is 4.39 Å². The Bertz CT molecular complexity index is 440.